The van der Waals surface area contributed by atoms with Crippen LogP contribution in [0.2, 0.25) is 5.02 Å². The number of pyridine rings is 1. The van der Waals surface area contributed by atoms with E-state index in [1.165, 1.54) is 0 Å². The third kappa shape index (κ3) is 2.55. The Morgan fingerprint density at radius 1 is 1.24 bits per heavy atom. The van der Waals surface area contributed by atoms with Crippen LogP contribution in [0.3, 0.4) is 0 Å². The number of nitrogens with zero attached hydrogens (tertiary/aromatic N) is 3. The SMILES string of the molecule is COc1ccc(-n2cncc2-c2ccnc(N)c2)cc1Cl. The molecule has 2 aromatic heterocycles. The lowest BCUT2D eigenvalue weighted by atomic mass is 10.2. The monoisotopic (exact) mass is 300 g/mol. The van der Waals surface area contributed by atoms with Crippen LogP contribution in [0.15, 0.2) is 49.1 Å². The molecule has 3 aromatic rings. The van der Waals surface area contributed by atoms with Gasteiger partial charge < -0.3 is 10.5 Å². The third-order valence-electron chi connectivity index (χ3n) is 3.13. The van der Waals surface area contributed by atoms with Crippen molar-refractivity contribution in [2.24, 2.45) is 0 Å². The van der Waals surface area contributed by atoms with Gasteiger partial charge in [-0.15, -0.1) is 0 Å². The number of halogens is 1. The zero-order valence-corrected chi connectivity index (χ0v) is 12.1. The van der Waals surface area contributed by atoms with E-state index in [0.717, 1.165) is 16.9 Å². The molecule has 5 nitrogen and oxygen atoms in total. The minimum absolute atomic E-state index is 0.466. The molecule has 3 rings (SSSR count). The van der Waals surface area contributed by atoms with Crippen molar-refractivity contribution in [2.45, 2.75) is 0 Å². The first kappa shape index (κ1) is 13.5. The van der Waals surface area contributed by atoms with E-state index in [-0.39, 0.29) is 0 Å². The van der Waals surface area contributed by atoms with Gasteiger partial charge in [0.05, 0.1) is 30.4 Å². The third-order valence-corrected chi connectivity index (χ3v) is 3.42. The molecule has 0 saturated carbocycles. The highest BCUT2D eigenvalue weighted by Gasteiger charge is 2.09. The number of hydrogen-bond acceptors (Lipinski definition) is 4. The molecule has 21 heavy (non-hydrogen) atoms. The van der Waals surface area contributed by atoms with Gasteiger partial charge in [0.2, 0.25) is 0 Å². The Labute approximate surface area is 127 Å². The van der Waals surface area contributed by atoms with Crippen molar-refractivity contribution in [3.05, 3.63) is 54.1 Å². The summed E-state index contributed by atoms with van der Waals surface area (Å²) in [6, 6.07) is 9.26. The smallest absolute Gasteiger partial charge is 0.137 e. The molecule has 1 aromatic carbocycles. The molecule has 0 radical (unpaired) electrons. The van der Waals surface area contributed by atoms with Crippen LogP contribution in [-0.2, 0) is 0 Å². The largest absolute Gasteiger partial charge is 0.495 e. The fraction of sp³-hybridized carbons (Fsp3) is 0.0667. The van der Waals surface area contributed by atoms with E-state index in [0.29, 0.717) is 16.6 Å². The minimum Gasteiger partial charge on any atom is -0.495 e. The number of aromatic nitrogens is 3. The van der Waals surface area contributed by atoms with E-state index < -0.39 is 0 Å². The van der Waals surface area contributed by atoms with Gasteiger partial charge in [-0.25, -0.2) is 9.97 Å². The Morgan fingerprint density at radius 2 is 2.10 bits per heavy atom. The van der Waals surface area contributed by atoms with E-state index in [4.69, 9.17) is 22.1 Å². The number of nitrogen functional groups attached to an aromatic ring is 1. The predicted octanol–water partition coefficient (Wildman–Crippen LogP) is 3.18. The van der Waals surface area contributed by atoms with E-state index in [1.807, 2.05) is 28.8 Å². The lowest BCUT2D eigenvalue weighted by Crippen LogP contribution is -1.97. The average molecular weight is 301 g/mol. The second kappa shape index (κ2) is 5.46. The molecule has 0 aliphatic heterocycles. The van der Waals surface area contributed by atoms with Gasteiger partial charge in [-0.1, -0.05) is 11.6 Å². The normalized spacial score (nSPS) is 10.6. The van der Waals surface area contributed by atoms with Crippen molar-refractivity contribution in [3.8, 4) is 22.7 Å². The van der Waals surface area contributed by atoms with Crippen molar-refractivity contribution in [2.75, 3.05) is 12.8 Å². The van der Waals surface area contributed by atoms with Gasteiger partial charge in [-0.2, -0.15) is 0 Å². The van der Waals surface area contributed by atoms with Crippen molar-refractivity contribution in [1.82, 2.24) is 14.5 Å². The number of rotatable bonds is 3. The summed E-state index contributed by atoms with van der Waals surface area (Å²) in [7, 11) is 1.59. The van der Waals surface area contributed by atoms with Crippen LogP contribution in [0.5, 0.6) is 5.75 Å². The molecule has 0 saturated heterocycles. The second-order valence-electron chi connectivity index (χ2n) is 4.44. The van der Waals surface area contributed by atoms with E-state index in [1.54, 1.807) is 31.9 Å². The summed E-state index contributed by atoms with van der Waals surface area (Å²) < 4.78 is 7.10. The molecule has 0 fully saturated rings. The number of methoxy groups -OCH3 is 1. The van der Waals surface area contributed by atoms with Crippen LogP contribution in [0, 0.1) is 0 Å². The van der Waals surface area contributed by atoms with Crippen LogP contribution in [-0.4, -0.2) is 21.6 Å². The van der Waals surface area contributed by atoms with Crippen molar-refractivity contribution in [3.63, 3.8) is 0 Å². The molecule has 0 bridgehead atoms. The fourth-order valence-electron chi connectivity index (χ4n) is 2.13. The summed E-state index contributed by atoms with van der Waals surface area (Å²) in [5, 5.41) is 0.545. The van der Waals surface area contributed by atoms with E-state index in [2.05, 4.69) is 9.97 Å². The summed E-state index contributed by atoms with van der Waals surface area (Å²) in [6.45, 7) is 0. The number of imidazole rings is 1. The number of anilines is 1. The second-order valence-corrected chi connectivity index (χ2v) is 4.84. The molecule has 0 atom stereocenters. The maximum atomic E-state index is 6.18. The van der Waals surface area contributed by atoms with Gasteiger partial charge in [-0.3, -0.25) is 4.57 Å². The van der Waals surface area contributed by atoms with Crippen LogP contribution in [0.1, 0.15) is 0 Å². The number of nitrogens with two attached hydrogens (primary N) is 1. The quantitative estimate of drug-likeness (QED) is 0.807. The minimum atomic E-state index is 0.466. The van der Waals surface area contributed by atoms with Crippen molar-refractivity contribution < 1.29 is 4.74 Å². The highest BCUT2D eigenvalue weighted by atomic mass is 35.5. The van der Waals surface area contributed by atoms with Gasteiger partial charge in [0, 0.05) is 17.4 Å². The molecular weight excluding hydrogens is 288 g/mol. The van der Waals surface area contributed by atoms with E-state index >= 15 is 0 Å². The Hall–Kier alpha value is -2.53. The molecule has 0 aliphatic carbocycles. The van der Waals surface area contributed by atoms with Crippen molar-refractivity contribution >= 4 is 17.4 Å². The topological polar surface area (TPSA) is 66.0 Å². The van der Waals surface area contributed by atoms with Gasteiger partial charge in [0.15, 0.2) is 0 Å². The predicted molar refractivity (Wildman–Crippen MR) is 82.8 cm³/mol. The molecule has 2 N–H and O–H groups in total. The summed E-state index contributed by atoms with van der Waals surface area (Å²) in [5.74, 6) is 1.10. The zero-order valence-electron chi connectivity index (χ0n) is 11.3. The summed E-state index contributed by atoms with van der Waals surface area (Å²) >= 11 is 6.18. The lowest BCUT2D eigenvalue weighted by Gasteiger charge is -2.10. The van der Waals surface area contributed by atoms with Crippen LogP contribution >= 0.6 is 11.6 Å². The van der Waals surface area contributed by atoms with E-state index in [9.17, 15) is 0 Å². The lowest BCUT2D eigenvalue weighted by molar-refractivity contribution is 0.415. The van der Waals surface area contributed by atoms with Gasteiger partial charge in [0.25, 0.3) is 0 Å². The highest BCUT2D eigenvalue weighted by Crippen LogP contribution is 2.29. The molecule has 106 valence electrons. The van der Waals surface area contributed by atoms with Crippen LogP contribution in [0.4, 0.5) is 5.82 Å². The first-order valence-electron chi connectivity index (χ1n) is 6.27. The van der Waals surface area contributed by atoms with Crippen LogP contribution in [0.25, 0.3) is 16.9 Å². The van der Waals surface area contributed by atoms with Gasteiger partial charge in [-0.05, 0) is 30.3 Å². The first-order chi connectivity index (χ1) is 10.2. The average Bonchev–Trinajstić information content (AvgIpc) is 2.96. The number of hydrogen-bond donors (Lipinski definition) is 1. The maximum Gasteiger partial charge on any atom is 0.137 e. The Balaban J connectivity index is 2.09. The summed E-state index contributed by atoms with van der Waals surface area (Å²) in [4.78, 5) is 8.20. The zero-order chi connectivity index (χ0) is 14.8. The molecule has 0 unspecified atom stereocenters. The highest BCUT2D eigenvalue weighted by molar-refractivity contribution is 6.32. The van der Waals surface area contributed by atoms with Crippen molar-refractivity contribution in [1.29, 1.82) is 0 Å². The molecule has 0 spiro atoms. The van der Waals surface area contributed by atoms with Gasteiger partial charge >= 0.3 is 0 Å². The molecule has 6 heteroatoms. The number of ether oxygens (including phenoxy) is 1. The maximum absolute atomic E-state index is 6.18. The standard InChI is InChI=1S/C15H13ClN4O/c1-21-14-3-2-11(7-12(14)16)20-9-18-8-13(20)10-4-5-19-15(17)6-10/h2-9H,1H3,(H2,17,19). The fourth-order valence-corrected chi connectivity index (χ4v) is 2.38. The Morgan fingerprint density at radius 3 is 2.81 bits per heavy atom. The molecular formula is C15H13ClN4O. The first-order valence-corrected chi connectivity index (χ1v) is 6.65. The number of benzene rings is 1. The Kier molecular flexibility index (Phi) is 3.50. The van der Waals surface area contributed by atoms with Gasteiger partial charge in [0.1, 0.15) is 11.6 Å². The summed E-state index contributed by atoms with van der Waals surface area (Å²) in [6.07, 6.45) is 5.17. The Bertz CT molecular complexity index is 785. The summed E-state index contributed by atoms with van der Waals surface area (Å²) in [5.41, 5.74) is 8.47. The molecule has 2 heterocycles. The molecule has 0 amide bonds. The molecule has 0 aliphatic rings. The van der Waals surface area contributed by atoms with Crippen LogP contribution < -0.4 is 10.5 Å².